The fourth-order valence-electron chi connectivity index (χ4n) is 2.91. The second-order valence-corrected chi connectivity index (χ2v) is 7.33. The molecule has 124 valence electrons. The molecule has 3 rings (SSSR count). The summed E-state index contributed by atoms with van der Waals surface area (Å²) in [6.07, 6.45) is 6.98. The number of hydrogen-bond acceptors (Lipinski definition) is 4. The third kappa shape index (κ3) is 4.26. The summed E-state index contributed by atoms with van der Waals surface area (Å²) in [5.41, 5.74) is 0. The lowest BCUT2D eigenvalue weighted by Gasteiger charge is -2.33. The van der Waals surface area contributed by atoms with Crippen LogP contribution < -0.4 is 10.2 Å². The Morgan fingerprint density at radius 3 is 2.87 bits per heavy atom. The maximum atomic E-state index is 12.1. The molecule has 0 aromatic carbocycles. The van der Waals surface area contributed by atoms with Crippen molar-refractivity contribution in [2.75, 3.05) is 18.0 Å². The van der Waals surface area contributed by atoms with Crippen LogP contribution in [0.3, 0.4) is 0 Å². The van der Waals surface area contributed by atoms with Gasteiger partial charge in [-0.3, -0.25) is 4.79 Å². The zero-order chi connectivity index (χ0) is 16.2. The molecule has 2 aromatic rings. The van der Waals surface area contributed by atoms with Gasteiger partial charge in [0.1, 0.15) is 0 Å². The van der Waals surface area contributed by atoms with Crippen LogP contribution in [0.5, 0.6) is 0 Å². The van der Waals surface area contributed by atoms with Crippen LogP contribution in [0.2, 0.25) is 5.02 Å². The Balaban J connectivity index is 1.41. The fraction of sp³-hybridized carbons (Fsp3) is 0.500. The van der Waals surface area contributed by atoms with Crippen molar-refractivity contribution in [1.82, 2.24) is 14.9 Å². The highest BCUT2D eigenvalue weighted by Gasteiger charge is 2.22. The number of hydrogen-bond donors (Lipinski definition) is 1. The molecule has 0 radical (unpaired) electrons. The number of thiophene rings is 1. The third-order valence-electron chi connectivity index (χ3n) is 4.16. The second kappa shape index (κ2) is 7.36. The minimum absolute atomic E-state index is 0.130. The van der Waals surface area contributed by atoms with Gasteiger partial charge in [-0.1, -0.05) is 11.6 Å². The van der Waals surface area contributed by atoms with E-state index < -0.39 is 0 Å². The number of rotatable bonds is 5. The van der Waals surface area contributed by atoms with Crippen LogP contribution >= 0.6 is 22.9 Å². The minimum Gasteiger partial charge on any atom is -0.353 e. The summed E-state index contributed by atoms with van der Waals surface area (Å²) >= 11 is 7.51. The van der Waals surface area contributed by atoms with Crippen LogP contribution in [-0.4, -0.2) is 34.6 Å². The van der Waals surface area contributed by atoms with Gasteiger partial charge in [0.2, 0.25) is 11.9 Å². The molecule has 1 aliphatic rings. The van der Waals surface area contributed by atoms with E-state index >= 15 is 0 Å². The number of anilines is 1. The average molecular weight is 353 g/mol. The molecule has 2 aromatic heterocycles. The summed E-state index contributed by atoms with van der Waals surface area (Å²) < 4.78 is 2.03. The summed E-state index contributed by atoms with van der Waals surface area (Å²) in [7, 11) is 2.01. The summed E-state index contributed by atoms with van der Waals surface area (Å²) in [6, 6.07) is 2.20. The van der Waals surface area contributed by atoms with E-state index in [0.717, 1.165) is 48.2 Å². The lowest BCUT2D eigenvalue weighted by Crippen LogP contribution is -2.45. The first kappa shape index (κ1) is 16.3. The van der Waals surface area contributed by atoms with E-state index in [2.05, 4.69) is 15.2 Å². The lowest BCUT2D eigenvalue weighted by atomic mass is 10.0. The van der Waals surface area contributed by atoms with Crippen molar-refractivity contribution in [2.45, 2.75) is 31.7 Å². The molecule has 0 unspecified atom stereocenters. The molecule has 1 saturated heterocycles. The van der Waals surface area contributed by atoms with Crippen LogP contribution in [0.1, 0.15) is 24.1 Å². The Bertz CT molecular complexity index is 661. The maximum Gasteiger partial charge on any atom is 0.220 e. The molecule has 1 aliphatic heterocycles. The highest BCUT2D eigenvalue weighted by Crippen LogP contribution is 2.21. The number of aromatic nitrogens is 2. The first-order chi connectivity index (χ1) is 11.1. The number of aryl methyl sites for hydroxylation is 2. The van der Waals surface area contributed by atoms with E-state index in [4.69, 9.17) is 11.6 Å². The topological polar surface area (TPSA) is 50.2 Å². The van der Waals surface area contributed by atoms with Gasteiger partial charge >= 0.3 is 0 Å². The molecular weight excluding hydrogens is 332 g/mol. The molecule has 0 spiro atoms. The zero-order valence-electron chi connectivity index (χ0n) is 13.2. The lowest BCUT2D eigenvalue weighted by molar-refractivity contribution is -0.121. The van der Waals surface area contributed by atoms with Crippen molar-refractivity contribution in [2.24, 2.45) is 7.05 Å². The number of piperidine rings is 1. The number of carbonyl (C=O) groups excluding carboxylic acids is 1. The molecule has 1 fully saturated rings. The van der Waals surface area contributed by atoms with Crippen LogP contribution in [0, 0.1) is 0 Å². The van der Waals surface area contributed by atoms with Gasteiger partial charge in [-0.25, -0.2) is 4.98 Å². The second-order valence-electron chi connectivity index (χ2n) is 5.90. The Morgan fingerprint density at radius 1 is 1.48 bits per heavy atom. The fourth-order valence-corrected chi connectivity index (χ4v) is 3.98. The Kier molecular flexibility index (Phi) is 5.23. The number of amides is 1. The van der Waals surface area contributed by atoms with Crippen molar-refractivity contribution in [3.63, 3.8) is 0 Å². The summed E-state index contributed by atoms with van der Waals surface area (Å²) in [4.78, 5) is 19.9. The molecule has 7 heteroatoms. The van der Waals surface area contributed by atoms with Crippen molar-refractivity contribution in [3.8, 4) is 0 Å². The average Bonchev–Trinajstić information content (AvgIpc) is 3.14. The number of nitrogens with one attached hydrogen (secondary N) is 1. The molecule has 0 bridgehead atoms. The molecule has 1 N–H and O–H groups in total. The van der Waals surface area contributed by atoms with Crippen LogP contribution in [0.4, 0.5) is 5.95 Å². The number of carbonyl (C=O) groups is 1. The van der Waals surface area contributed by atoms with E-state index in [-0.39, 0.29) is 11.9 Å². The molecular formula is C16H21ClN4OS. The summed E-state index contributed by atoms with van der Waals surface area (Å²) in [5.74, 6) is 1.13. The monoisotopic (exact) mass is 352 g/mol. The number of halogens is 1. The quantitative estimate of drug-likeness (QED) is 0.900. The smallest absolute Gasteiger partial charge is 0.220 e. The molecule has 0 atom stereocenters. The van der Waals surface area contributed by atoms with Gasteiger partial charge in [0, 0.05) is 55.3 Å². The van der Waals surface area contributed by atoms with Gasteiger partial charge in [0.15, 0.2) is 0 Å². The Labute approximate surface area is 145 Å². The molecule has 0 aliphatic carbocycles. The molecule has 3 heterocycles. The van der Waals surface area contributed by atoms with E-state index in [1.165, 1.54) is 0 Å². The van der Waals surface area contributed by atoms with Gasteiger partial charge < -0.3 is 14.8 Å². The van der Waals surface area contributed by atoms with Crippen LogP contribution in [0.15, 0.2) is 23.8 Å². The zero-order valence-corrected chi connectivity index (χ0v) is 14.7. The number of nitrogens with zero attached hydrogens (tertiary/aromatic N) is 3. The summed E-state index contributed by atoms with van der Waals surface area (Å²) in [5, 5.41) is 5.82. The van der Waals surface area contributed by atoms with E-state index in [1.54, 1.807) is 11.3 Å². The van der Waals surface area contributed by atoms with Gasteiger partial charge in [-0.15, -0.1) is 11.3 Å². The first-order valence-electron chi connectivity index (χ1n) is 7.86. The highest BCUT2D eigenvalue weighted by atomic mass is 35.5. The van der Waals surface area contributed by atoms with Gasteiger partial charge in [0.05, 0.1) is 5.02 Å². The van der Waals surface area contributed by atoms with Crippen molar-refractivity contribution in [1.29, 1.82) is 0 Å². The van der Waals surface area contributed by atoms with Crippen molar-refractivity contribution >= 4 is 34.8 Å². The normalized spacial score (nSPS) is 15.8. The van der Waals surface area contributed by atoms with Crippen LogP contribution in [0.25, 0.3) is 0 Å². The SMILES string of the molecule is Cn1ccnc1N1CCC(NC(=O)CCc2cc(Cl)cs2)CC1. The molecule has 1 amide bonds. The van der Waals surface area contributed by atoms with Gasteiger partial charge in [-0.2, -0.15) is 0 Å². The maximum absolute atomic E-state index is 12.1. The largest absolute Gasteiger partial charge is 0.353 e. The van der Waals surface area contributed by atoms with Gasteiger partial charge in [0.25, 0.3) is 0 Å². The standard InChI is InChI=1S/C16H21ClN4OS/c1-20-9-6-18-16(20)21-7-4-13(5-8-21)19-15(22)3-2-14-10-12(17)11-23-14/h6,9-11,13H,2-5,7-8H2,1H3,(H,19,22). The van der Waals surface area contributed by atoms with E-state index in [1.807, 2.05) is 35.5 Å². The minimum atomic E-state index is 0.130. The molecule has 0 saturated carbocycles. The molecule has 23 heavy (non-hydrogen) atoms. The predicted molar refractivity (Wildman–Crippen MR) is 94.2 cm³/mol. The van der Waals surface area contributed by atoms with Crippen LogP contribution in [-0.2, 0) is 18.3 Å². The highest BCUT2D eigenvalue weighted by molar-refractivity contribution is 7.10. The first-order valence-corrected chi connectivity index (χ1v) is 9.12. The third-order valence-corrected chi connectivity index (χ3v) is 5.50. The van der Waals surface area contributed by atoms with Crippen molar-refractivity contribution in [3.05, 3.63) is 33.7 Å². The van der Waals surface area contributed by atoms with Crippen molar-refractivity contribution < 1.29 is 4.79 Å². The Hall–Kier alpha value is -1.53. The molecule has 5 nitrogen and oxygen atoms in total. The van der Waals surface area contributed by atoms with Gasteiger partial charge in [-0.05, 0) is 25.3 Å². The van der Waals surface area contributed by atoms with E-state index in [0.29, 0.717) is 6.42 Å². The Morgan fingerprint density at radius 2 is 2.26 bits per heavy atom. The number of imidazole rings is 1. The predicted octanol–water partition coefficient (Wildman–Crippen LogP) is 2.85. The summed E-state index contributed by atoms with van der Waals surface area (Å²) in [6.45, 7) is 1.85. The van der Waals surface area contributed by atoms with E-state index in [9.17, 15) is 4.79 Å².